The molecule has 1 aliphatic carbocycles. The monoisotopic (exact) mass is 332 g/mol. The zero-order valence-corrected chi connectivity index (χ0v) is 13.9. The molecule has 2 aliphatic heterocycles. The summed E-state index contributed by atoms with van der Waals surface area (Å²) in [6, 6.07) is 6.86. The third kappa shape index (κ3) is 3.62. The van der Waals surface area contributed by atoms with Crippen LogP contribution in [0.1, 0.15) is 24.8 Å². The Kier molecular flexibility index (Phi) is 4.55. The maximum Gasteiger partial charge on any atom is 0.223 e. The number of halogens is 1. The van der Waals surface area contributed by atoms with Crippen molar-refractivity contribution in [2.75, 3.05) is 26.2 Å². The molecule has 2 heterocycles. The first-order chi connectivity index (χ1) is 11.7. The third-order valence-electron chi connectivity index (χ3n) is 5.60. The van der Waals surface area contributed by atoms with Crippen molar-refractivity contribution in [3.63, 3.8) is 0 Å². The minimum atomic E-state index is -0.168. The van der Waals surface area contributed by atoms with E-state index in [4.69, 9.17) is 4.74 Å². The fourth-order valence-electron chi connectivity index (χ4n) is 4.10. The van der Waals surface area contributed by atoms with Crippen LogP contribution in [0.25, 0.3) is 0 Å². The summed E-state index contributed by atoms with van der Waals surface area (Å²) in [6.45, 7) is 4.22. The lowest BCUT2D eigenvalue weighted by atomic mass is 9.84. The van der Waals surface area contributed by atoms with E-state index in [9.17, 15) is 9.18 Å². The summed E-state index contributed by atoms with van der Waals surface area (Å²) >= 11 is 0. The molecule has 5 heteroatoms. The quantitative estimate of drug-likeness (QED) is 0.899. The average Bonchev–Trinajstić information content (AvgIpc) is 3.34. The van der Waals surface area contributed by atoms with Gasteiger partial charge in [-0.05, 0) is 49.4 Å². The van der Waals surface area contributed by atoms with E-state index in [2.05, 4.69) is 10.2 Å². The number of ether oxygens (including phenoxy) is 1. The first-order valence-corrected chi connectivity index (χ1v) is 9.05. The molecule has 0 unspecified atom stereocenters. The van der Waals surface area contributed by atoms with Gasteiger partial charge < -0.3 is 10.1 Å². The van der Waals surface area contributed by atoms with Crippen molar-refractivity contribution in [3.8, 4) is 0 Å². The van der Waals surface area contributed by atoms with E-state index in [1.54, 1.807) is 12.1 Å². The molecule has 1 aromatic rings. The highest BCUT2D eigenvalue weighted by atomic mass is 19.1. The highest BCUT2D eigenvalue weighted by Gasteiger charge is 2.41. The third-order valence-corrected chi connectivity index (χ3v) is 5.60. The fourth-order valence-corrected chi connectivity index (χ4v) is 4.10. The Morgan fingerprint density at radius 3 is 3.00 bits per heavy atom. The van der Waals surface area contributed by atoms with Gasteiger partial charge in [-0.15, -0.1) is 0 Å². The summed E-state index contributed by atoms with van der Waals surface area (Å²) in [6.07, 6.45) is 3.33. The average molecular weight is 332 g/mol. The Bertz CT molecular complexity index is 605. The number of hydrogen-bond donors (Lipinski definition) is 1. The lowest BCUT2D eigenvalue weighted by Crippen LogP contribution is -2.43. The Hall–Kier alpha value is -1.46. The van der Waals surface area contributed by atoms with Gasteiger partial charge in [0, 0.05) is 31.5 Å². The first-order valence-electron chi connectivity index (χ1n) is 9.05. The van der Waals surface area contributed by atoms with Gasteiger partial charge in [0.05, 0.1) is 12.7 Å². The molecule has 3 aliphatic rings. The smallest absolute Gasteiger partial charge is 0.223 e. The van der Waals surface area contributed by atoms with Crippen molar-refractivity contribution in [2.24, 2.45) is 17.8 Å². The van der Waals surface area contributed by atoms with Gasteiger partial charge in [-0.3, -0.25) is 9.69 Å². The molecule has 0 spiro atoms. The molecule has 130 valence electrons. The number of benzene rings is 1. The standard InChI is InChI=1S/C19H25FN2O2/c20-16-3-1-2-13(8-16)10-22-7-6-17-15(11-22)12-24-18(17)9-21-19(23)14-4-5-14/h1-3,8,14-15,17-18H,4-7,9-12H2,(H,21,23)/t15-,17-,18-/m1/s1. The molecular formula is C19H25FN2O2. The number of likely N-dealkylation sites (tertiary alicyclic amines) is 1. The van der Waals surface area contributed by atoms with Crippen LogP contribution in [0.2, 0.25) is 0 Å². The zero-order chi connectivity index (χ0) is 16.5. The lowest BCUT2D eigenvalue weighted by molar-refractivity contribution is -0.122. The predicted molar refractivity (Wildman–Crippen MR) is 88.7 cm³/mol. The van der Waals surface area contributed by atoms with Crippen LogP contribution in [0.4, 0.5) is 4.39 Å². The molecule has 1 amide bonds. The molecule has 0 radical (unpaired) electrons. The van der Waals surface area contributed by atoms with Crippen LogP contribution in [0.15, 0.2) is 24.3 Å². The van der Waals surface area contributed by atoms with Crippen molar-refractivity contribution >= 4 is 5.91 Å². The Labute approximate surface area is 142 Å². The number of nitrogens with zero attached hydrogens (tertiary/aromatic N) is 1. The predicted octanol–water partition coefficient (Wildman–Crippen LogP) is 2.19. The number of carbonyl (C=O) groups is 1. The normalized spacial score (nSPS) is 30.1. The first kappa shape index (κ1) is 16.0. The number of piperidine rings is 1. The summed E-state index contributed by atoms with van der Waals surface area (Å²) in [7, 11) is 0. The SMILES string of the molecule is O=C(NC[C@H]1OC[C@H]2CN(Cc3cccc(F)c3)CC[C@H]21)C1CC1. The molecular weight excluding hydrogens is 307 g/mol. The van der Waals surface area contributed by atoms with Crippen molar-refractivity contribution in [3.05, 3.63) is 35.6 Å². The molecule has 24 heavy (non-hydrogen) atoms. The van der Waals surface area contributed by atoms with Crippen LogP contribution in [0.5, 0.6) is 0 Å². The number of carbonyl (C=O) groups excluding carboxylic acids is 1. The lowest BCUT2D eigenvalue weighted by Gasteiger charge is -2.35. The summed E-state index contributed by atoms with van der Waals surface area (Å²) in [5, 5.41) is 3.06. The number of fused-ring (bicyclic) bond motifs is 1. The fraction of sp³-hybridized carbons (Fsp3) is 0.632. The molecule has 0 aromatic heterocycles. The van der Waals surface area contributed by atoms with Gasteiger partial charge in [-0.2, -0.15) is 0 Å². The Morgan fingerprint density at radius 1 is 1.33 bits per heavy atom. The molecule has 3 atom stereocenters. The van der Waals surface area contributed by atoms with E-state index in [0.717, 1.165) is 51.1 Å². The van der Waals surface area contributed by atoms with Gasteiger partial charge in [0.15, 0.2) is 0 Å². The van der Waals surface area contributed by atoms with E-state index in [1.807, 2.05) is 6.07 Å². The summed E-state index contributed by atoms with van der Waals surface area (Å²) in [5.74, 6) is 1.35. The molecule has 4 rings (SSSR count). The minimum absolute atomic E-state index is 0.161. The van der Waals surface area contributed by atoms with E-state index >= 15 is 0 Å². The van der Waals surface area contributed by atoms with E-state index < -0.39 is 0 Å². The van der Waals surface area contributed by atoms with Crippen LogP contribution in [-0.2, 0) is 16.1 Å². The second kappa shape index (κ2) is 6.81. The number of hydrogen-bond acceptors (Lipinski definition) is 3. The maximum absolute atomic E-state index is 13.3. The molecule has 3 fully saturated rings. The van der Waals surface area contributed by atoms with Crippen LogP contribution in [-0.4, -0.2) is 43.2 Å². The van der Waals surface area contributed by atoms with Crippen molar-refractivity contribution in [2.45, 2.75) is 31.9 Å². The molecule has 4 nitrogen and oxygen atoms in total. The van der Waals surface area contributed by atoms with E-state index in [-0.39, 0.29) is 23.7 Å². The van der Waals surface area contributed by atoms with Gasteiger partial charge >= 0.3 is 0 Å². The van der Waals surface area contributed by atoms with Crippen molar-refractivity contribution in [1.82, 2.24) is 10.2 Å². The van der Waals surface area contributed by atoms with E-state index in [0.29, 0.717) is 18.4 Å². The highest BCUT2D eigenvalue weighted by molar-refractivity contribution is 5.80. The topological polar surface area (TPSA) is 41.6 Å². The van der Waals surface area contributed by atoms with Crippen molar-refractivity contribution in [1.29, 1.82) is 0 Å². The number of rotatable bonds is 5. The van der Waals surface area contributed by atoms with Gasteiger partial charge in [0.2, 0.25) is 5.91 Å². The summed E-state index contributed by atoms with van der Waals surface area (Å²) in [4.78, 5) is 14.2. The second-order valence-corrected chi connectivity index (χ2v) is 7.47. The van der Waals surface area contributed by atoms with Crippen LogP contribution >= 0.6 is 0 Å². The van der Waals surface area contributed by atoms with Crippen LogP contribution < -0.4 is 5.32 Å². The summed E-state index contributed by atoms with van der Waals surface area (Å²) < 4.78 is 19.3. The molecule has 1 N–H and O–H groups in total. The Balaban J connectivity index is 1.28. The maximum atomic E-state index is 13.3. The summed E-state index contributed by atoms with van der Waals surface area (Å²) in [5.41, 5.74) is 1.03. The molecule has 1 saturated carbocycles. The van der Waals surface area contributed by atoms with Gasteiger partial charge in [0.1, 0.15) is 5.82 Å². The van der Waals surface area contributed by atoms with Gasteiger partial charge in [-0.1, -0.05) is 12.1 Å². The number of nitrogens with one attached hydrogen (secondary N) is 1. The van der Waals surface area contributed by atoms with Crippen LogP contribution in [0.3, 0.4) is 0 Å². The van der Waals surface area contributed by atoms with E-state index in [1.165, 1.54) is 6.07 Å². The molecule has 1 aromatic carbocycles. The minimum Gasteiger partial charge on any atom is -0.376 e. The molecule has 0 bridgehead atoms. The second-order valence-electron chi connectivity index (χ2n) is 7.47. The van der Waals surface area contributed by atoms with Crippen molar-refractivity contribution < 1.29 is 13.9 Å². The van der Waals surface area contributed by atoms with Crippen LogP contribution in [0, 0.1) is 23.6 Å². The van der Waals surface area contributed by atoms with Gasteiger partial charge in [-0.25, -0.2) is 4.39 Å². The zero-order valence-electron chi connectivity index (χ0n) is 13.9. The molecule has 2 saturated heterocycles. The highest BCUT2D eigenvalue weighted by Crippen LogP contribution is 2.35. The largest absolute Gasteiger partial charge is 0.376 e. The Morgan fingerprint density at radius 2 is 2.21 bits per heavy atom. The number of amides is 1. The van der Waals surface area contributed by atoms with Gasteiger partial charge in [0.25, 0.3) is 0 Å².